The van der Waals surface area contributed by atoms with E-state index in [4.69, 9.17) is 4.74 Å². The summed E-state index contributed by atoms with van der Waals surface area (Å²) >= 11 is 0. The van der Waals surface area contributed by atoms with Crippen molar-refractivity contribution in [2.45, 2.75) is 18.9 Å². The van der Waals surface area contributed by atoms with Gasteiger partial charge in [0.15, 0.2) is 0 Å². The highest BCUT2D eigenvalue weighted by Crippen LogP contribution is 2.24. The van der Waals surface area contributed by atoms with E-state index >= 15 is 0 Å². The van der Waals surface area contributed by atoms with Crippen molar-refractivity contribution in [3.63, 3.8) is 0 Å². The molecule has 0 atom stereocenters. The Bertz CT molecular complexity index is 765. The summed E-state index contributed by atoms with van der Waals surface area (Å²) in [5.74, 6) is -1.17. The summed E-state index contributed by atoms with van der Waals surface area (Å²) in [6.07, 6.45) is 1.79. The van der Waals surface area contributed by atoms with Crippen molar-refractivity contribution >= 4 is 11.9 Å². The van der Waals surface area contributed by atoms with Gasteiger partial charge in [0, 0.05) is 25.8 Å². The van der Waals surface area contributed by atoms with E-state index in [9.17, 15) is 14.7 Å². The molecule has 1 aliphatic heterocycles. The van der Waals surface area contributed by atoms with Gasteiger partial charge in [-0.1, -0.05) is 30.3 Å². The number of piperidine rings is 1. The third-order valence-electron chi connectivity index (χ3n) is 4.60. The quantitative estimate of drug-likeness (QED) is 0.928. The third-order valence-corrected chi connectivity index (χ3v) is 4.60. The molecule has 5 nitrogen and oxygen atoms in total. The molecule has 1 N–H and O–H groups in total. The number of rotatable bonds is 4. The molecule has 1 aliphatic rings. The van der Waals surface area contributed by atoms with Crippen LogP contribution in [0.4, 0.5) is 0 Å². The maximum Gasteiger partial charge on any atom is 0.335 e. The van der Waals surface area contributed by atoms with Crippen LogP contribution in [0.25, 0.3) is 11.1 Å². The molecule has 0 aromatic heterocycles. The first-order chi connectivity index (χ1) is 12.1. The van der Waals surface area contributed by atoms with Crippen LogP contribution in [0.1, 0.15) is 33.6 Å². The lowest BCUT2D eigenvalue weighted by Gasteiger charge is -2.31. The van der Waals surface area contributed by atoms with Crippen LogP contribution in [0.15, 0.2) is 48.5 Å². The number of nitrogens with zero attached hydrogens (tertiary/aromatic N) is 1. The molecule has 1 saturated heterocycles. The third kappa shape index (κ3) is 3.88. The van der Waals surface area contributed by atoms with Gasteiger partial charge in [-0.25, -0.2) is 4.79 Å². The highest BCUT2D eigenvalue weighted by molar-refractivity contribution is 5.99. The predicted molar refractivity (Wildman–Crippen MR) is 94.8 cm³/mol. The highest BCUT2D eigenvalue weighted by Gasteiger charge is 2.24. The van der Waals surface area contributed by atoms with Gasteiger partial charge in [0.2, 0.25) is 0 Å². The standard InChI is InChI=1S/C20H21NO4/c1-25-18-7-9-21(10-8-18)19(22)16-11-15(12-17(13-16)20(23)24)14-5-3-2-4-6-14/h2-6,11-13,18H,7-10H2,1H3,(H,23,24). The number of carboxylic acids is 1. The van der Waals surface area contributed by atoms with Crippen molar-refractivity contribution in [3.05, 3.63) is 59.7 Å². The smallest absolute Gasteiger partial charge is 0.335 e. The van der Waals surface area contributed by atoms with Gasteiger partial charge in [-0.2, -0.15) is 0 Å². The Morgan fingerprint density at radius 2 is 1.64 bits per heavy atom. The Labute approximate surface area is 146 Å². The summed E-state index contributed by atoms with van der Waals surface area (Å²) in [7, 11) is 1.69. The summed E-state index contributed by atoms with van der Waals surface area (Å²) in [4.78, 5) is 26.1. The average molecular weight is 339 g/mol. The van der Waals surface area contributed by atoms with Gasteiger partial charge in [-0.3, -0.25) is 4.79 Å². The number of likely N-dealkylation sites (tertiary alicyclic amines) is 1. The lowest BCUT2D eigenvalue weighted by atomic mass is 9.98. The highest BCUT2D eigenvalue weighted by atomic mass is 16.5. The van der Waals surface area contributed by atoms with E-state index < -0.39 is 5.97 Å². The fourth-order valence-corrected chi connectivity index (χ4v) is 3.15. The van der Waals surface area contributed by atoms with Gasteiger partial charge in [0.25, 0.3) is 5.91 Å². The van der Waals surface area contributed by atoms with E-state index in [0.717, 1.165) is 24.0 Å². The van der Waals surface area contributed by atoms with Crippen LogP contribution in [-0.2, 0) is 4.74 Å². The molecule has 1 fully saturated rings. The van der Waals surface area contributed by atoms with E-state index in [1.165, 1.54) is 6.07 Å². The fourth-order valence-electron chi connectivity index (χ4n) is 3.15. The van der Waals surface area contributed by atoms with Gasteiger partial charge in [0.05, 0.1) is 11.7 Å². The van der Waals surface area contributed by atoms with Gasteiger partial charge >= 0.3 is 5.97 Å². The molecule has 0 unspecified atom stereocenters. The molecule has 0 radical (unpaired) electrons. The number of hydrogen-bond donors (Lipinski definition) is 1. The number of amides is 1. The zero-order valence-corrected chi connectivity index (χ0v) is 14.1. The lowest BCUT2D eigenvalue weighted by molar-refractivity contribution is 0.0351. The number of aromatic carboxylic acids is 1. The Morgan fingerprint density at radius 3 is 2.24 bits per heavy atom. The largest absolute Gasteiger partial charge is 0.478 e. The maximum atomic E-state index is 12.8. The van der Waals surface area contributed by atoms with Crippen molar-refractivity contribution in [1.29, 1.82) is 0 Å². The summed E-state index contributed by atoms with van der Waals surface area (Å²) in [6, 6.07) is 14.3. The Balaban J connectivity index is 1.91. The van der Waals surface area contributed by atoms with Crippen LogP contribution in [0.2, 0.25) is 0 Å². The van der Waals surface area contributed by atoms with E-state index in [2.05, 4.69) is 0 Å². The first-order valence-corrected chi connectivity index (χ1v) is 8.34. The van der Waals surface area contributed by atoms with E-state index in [1.54, 1.807) is 24.1 Å². The summed E-state index contributed by atoms with van der Waals surface area (Å²) in [5.41, 5.74) is 2.15. The van der Waals surface area contributed by atoms with Crippen LogP contribution in [0.3, 0.4) is 0 Å². The first kappa shape index (κ1) is 17.2. The zero-order valence-electron chi connectivity index (χ0n) is 14.1. The minimum absolute atomic E-state index is 0.122. The van der Waals surface area contributed by atoms with Crippen molar-refractivity contribution in [2.24, 2.45) is 0 Å². The Kier molecular flexibility index (Phi) is 5.14. The van der Waals surface area contributed by atoms with Crippen molar-refractivity contribution in [3.8, 4) is 11.1 Å². The summed E-state index contributed by atoms with van der Waals surface area (Å²) in [6.45, 7) is 1.24. The molecule has 1 heterocycles. The number of carbonyl (C=O) groups excluding carboxylic acids is 1. The molecule has 25 heavy (non-hydrogen) atoms. The summed E-state index contributed by atoms with van der Waals surface area (Å²) in [5, 5.41) is 9.40. The molecular formula is C20H21NO4. The molecule has 5 heteroatoms. The molecule has 130 valence electrons. The molecular weight excluding hydrogens is 318 g/mol. The Hall–Kier alpha value is -2.66. The predicted octanol–water partition coefficient (Wildman–Crippen LogP) is 3.30. The molecule has 0 bridgehead atoms. The van der Waals surface area contributed by atoms with E-state index in [1.807, 2.05) is 30.3 Å². The van der Waals surface area contributed by atoms with Crippen LogP contribution in [0, 0.1) is 0 Å². The molecule has 2 aromatic rings. The van der Waals surface area contributed by atoms with Crippen LogP contribution >= 0.6 is 0 Å². The molecule has 2 aromatic carbocycles. The molecule has 0 spiro atoms. The van der Waals surface area contributed by atoms with Gasteiger partial charge < -0.3 is 14.7 Å². The van der Waals surface area contributed by atoms with Crippen molar-refractivity contribution in [1.82, 2.24) is 4.90 Å². The monoisotopic (exact) mass is 339 g/mol. The number of carbonyl (C=O) groups is 2. The summed E-state index contributed by atoms with van der Waals surface area (Å²) < 4.78 is 5.34. The van der Waals surface area contributed by atoms with Crippen LogP contribution in [0.5, 0.6) is 0 Å². The van der Waals surface area contributed by atoms with Crippen LogP contribution in [-0.4, -0.2) is 48.2 Å². The van der Waals surface area contributed by atoms with E-state index in [0.29, 0.717) is 18.7 Å². The second-order valence-corrected chi connectivity index (χ2v) is 6.20. The number of benzene rings is 2. The molecule has 3 rings (SSSR count). The number of carboxylic acid groups (broad SMARTS) is 1. The number of hydrogen-bond acceptors (Lipinski definition) is 3. The average Bonchev–Trinajstić information content (AvgIpc) is 2.67. The topological polar surface area (TPSA) is 66.8 Å². The first-order valence-electron chi connectivity index (χ1n) is 8.34. The van der Waals surface area contributed by atoms with Crippen molar-refractivity contribution < 1.29 is 19.4 Å². The lowest BCUT2D eigenvalue weighted by Crippen LogP contribution is -2.40. The van der Waals surface area contributed by atoms with E-state index in [-0.39, 0.29) is 17.6 Å². The zero-order chi connectivity index (χ0) is 17.8. The van der Waals surface area contributed by atoms with Gasteiger partial charge in [-0.15, -0.1) is 0 Å². The van der Waals surface area contributed by atoms with Crippen molar-refractivity contribution in [2.75, 3.05) is 20.2 Å². The molecule has 0 saturated carbocycles. The maximum absolute atomic E-state index is 12.8. The van der Waals surface area contributed by atoms with Gasteiger partial charge in [-0.05, 0) is 42.2 Å². The number of ether oxygens (including phenoxy) is 1. The Morgan fingerprint density at radius 1 is 1.00 bits per heavy atom. The second-order valence-electron chi connectivity index (χ2n) is 6.20. The second kappa shape index (κ2) is 7.49. The normalized spacial score (nSPS) is 15.2. The number of methoxy groups -OCH3 is 1. The van der Waals surface area contributed by atoms with Gasteiger partial charge in [0.1, 0.15) is 0 Å². The SMILES string of the molecule is COC1CCN(C(=O)c2cc(C(=O)O)cc(-c3ccccc3)c2)CC1. The molecule has 1 amide bonds. The van der Waals surface area contributed by atoms with Crippen LogP contribution < -0.4 is 0 Å². The molecule has 0 aliphatic carbocycles. The minimum atomic E-state index is -1.04. The fraction of sp³-hybridized carbons (Fsp3) is 0.300. The minimum Gasteiger partial charge on any atom is -0.478 e.